The monoisotopic (exact) mass is 369 g/mol. The second-order valence-electron chi connectivity index (χ2n) is 6.66. The van der Waals surface area contributed by atoms with Crippen LogP contribution in [0.3, 0.4) is 0 Å². The lowest BCUT2D eigenvalue weighted by Crippen LogP contribution is -2.51. The summed E-state index contributed by atoms with van der Waals surface area (Å²) in [5, 5.41) is 14.6. The Labute approximate surface area is 150 Å². The molecule has 1 saturated heterocycles. The number of aliphatic imine (C=N–C) groups is 1. The van der Waals surface area contributed by atoms with Crippen molar-refractivity contribution < 1.29 is 18.3 Å². The average molecular weight is 369 g/mol. The molecule has 6 nitrogen and oxygen atoms in total. The molecule has 0 bridgehead atoms. The molecule has 2 aliphatic heterocycles. The van der Waals surface area contributed by atoms with Crippen molar-refractivity contribution in [3.8, 4) is 5.75 Å². The zero-order valence-corrected chi connectivity index (χ0v) is 14.6. The fourth-order valence-electron chi connectivity index (χ4n) is 3.11. The molecule has 1 atom stereocenters. The van der Waals surface area contributed by atoms with Gasteiger partial charge in [0.05, 0.1) is 11.6 Å². The maximum absolute atomic E-state index is 12.8. The van der Waals surface area contributed by atoms with Crippen molar-refractivity contribution in [1.82, 2.24) is 15.6 Å². The van der Waals surface area contributed by atoms with Crippen LogP contribution in [0.2, 0.25) is 0 Å². The molecule has 3 N–H and O–H groups in total. The van der Waals surface area contributed by atoms with Gasteiger partial charge in [0.2, 0.25) is 5.96 Å². The number of rotatable bonds is 2. The molecule has 0 saturated carbocycles. The molecule has 3 rings (SSSR count). The van der Waals surface area contributed by atoms with Gasteiger partial charge in [0.15, 0.2) is 0 Å². The maximum atomic E-state index is 12.8. The number of nitrogens with one attached hydrogen (secondary N) is 2. The fourth-order valence-corrected chi connectivity index (χ4v) is 3.11. The average Bonchev–Trinajstić information content (AvgIpc) is 2.53. The second-order valence-corrected chi connectivity index (χ2v) is 6.66. The van der Waals surface area contributed by atoms with E-state index in [-0.39, 0.29) is 11.7 Å². The highest BCUT2D eigenvalue weighted by molar-refractivity contribution is 5.85. The molecule has 0 amide bonds. The molecule has 1 aromatic carbocycles. The lowest BCUT2D eigenvalue weighted by molar-refractivity contribution is -0.137. The highest BCUT2D eigenvalue weighted by Crippen LogP contribution is 2.36. The van der Waals surface area contributed by atoms with E-state index in [9.17, 15) is 18.3 Å². The van der Waals surface area contributed by atoms with Crippen molar-refractivity contribution >= 4 is 11.6 Å². The molecule has 0 radical (unpaired) electrons. The Hall–Kier alpha value is -2.42. The first-order chi connectivity index (χ1) is 12.2. The first-order valence-electron chi connectivity index (χ1n) is 8.40. The zero-order valence-electron chi connectivity index (χ0n) is 14.6. The third kappa shape index (κ3) is 4.21. The summed E-state index contributed by atoms with van der Waals surface area (Å²) in [4.78, 5) is 6.88. The molecule has 142 valence electrons. The Bertz CT molecular complexity index is 732. The van der Waals surface area contributed by atoms with E-state index in [1.165, 1.54) is 11.1 Å². The van der Waals surface area contributed by atoms with Gasteiger partial charge in [0, 0.05) is 18.4 Å². The molecular weight excluding hydrogens is 347 g/mol. The smallest absolute Gasteiger partial charge is 0.416 e. The van der Waals surface area contributed by atoms with Gasteiger partial charge in [-0.15, -0.1) is 0 Å². The van der Waals surface area contributed by atoms with Crippen molar-refractivity contribution in [3.63, 3.8) is 0 Å². The Balaban J connectivity index is 1.81. The fraction of sp³-hybridized carbons (Fsp3) is 0.471. The van der Waals surface area contributed by atoms with E-state index in [1.54, 1.807) is 6.20 Å². The number of allylic oxidation sites excluding steroid dienone is 1. The van der Waals surface area contributed by atoms with Crippen LogP contribution < -0.4 is 15.8 Å². The van der Waals surface area contributed by atoms with Gasteiger partial charge in [-0.2, -0.15) is 13.2 Å². The van der Waals surface area contributed by atoms with Crippen LogP contribution in [0.1, 0.15) is 25.3 Å². The van der Waals surface area contributed by atoms with Gasteiger partial charge in [0.25, 0.3) is 0 Å². The SMILES string of the molecule is CC1=CN(c2ccc(C(F)(F)F)cc2O)NC(=N[C@@H]2CCCN(C)C2)N1. The number of phenolic OH excluding ortho intramolecular Hbond substituents is 1. The van der Waals surface area contributed by atoms with Crippen LogP contribution in [0.25, 0.3) is 0 Å². The Morgan fingerprint density at radius 3 is 2.73 bits per heavy atom. The summed E-state index contributed by atoms with van der Waals surface area (Å²) in [6.07, 6.45) is -0.811. The number of phenols is 1. The van der Waals surface area contributed by atoms with Crippen LogP contribution in [0.4, 0.5) is 18.9 Å². The van der Waals surface area contributed by atoms with Crippen molar-refractivity contribution in [3.05, 3.63) is 35.7 Å². The van der Waals surface area contributed by atoms with E-state index in [4.69, 9.17) is 0 Å². The number of halogens is 3. The molecule has 2 heterocycles. The number of alkyl halides is 3. The van der Waals surface area contributed by atoms with E-state index in [0.717, 1.165) is 43.8 Å². The molecule has 0 unspecified atom stereocenters. The molecule has 9 heteroatoms. The van der Waals surface area contributed by atoms with E-state index in [0.29, 0.717) is 5.96 Å². The summed E-state index contributed by atoms with van der Waals surface area (Å²) >= 11 is 0. The predicted molar refractivity (Wildman–Crippen MR) is 93.6 cm³/mol. The summed E-state index contributed by atoms with van der Waals surface area (Å²) in [5.41, 5.74) is 3.07. The van der Waals surface area contributed by atoms with Gasteiger partial charge < -0.3 is 15.3 Å². The van der Waals surface area contributed by atoms with Gasteiger partial charge in [-0.05, 0) is 51.6 Å². The molecular formula is C17H22F3N5O. The van der Waals surface area contributed by atoms with Crippen molar-refractivity contribution in [2.45, 2.75) is 32.0 Å². The lowest BCUT2D eigenvalue weighted by Gasteiger charge is -2.32. The molecule has 2 aliphatic rings. The topological polar surface area (TPSA) is 63.1 Å². The van der Waals surface area contributed by atoms with Crippen LogP contribution in [0.5, 0.6) is 5.75 Å². The Morgan fingerprint density at radius 1 is 1.31 bits per heavy atom. The first-order valence-corrected chi connectivity index (χ1v) is 8.40. The number of likely N-dealkylation sites (N-methyl/N-ethyl adjacent to an activating group) is 1. The number of hydrogen-bond acceptors (Lipinski definition) is 4. The minimum atomic E-state index is -4.50. The third-order valence-corrected chi connectivity index (χ3v) is 4.34. The van der Waals surface area contributed by atoms with Gasteiger partial charge in [0.1, 0.15) is 11.4 Å². The maximum Gasteiger partial charge on any atom is 0.416 e. The summed E-state index contributed by atoms with van der Waals surface area (Å²) < 4.78 is 38.3. The van der Waals surface area contributed by atoms with E-state index in [2.05, 4.69) is 20.6 Å². The summed E-state index contributed by atoms with van der Waals surface area (Å²) in [6.45, 7) is 3.71. The largest absolute Gasteiger partial charge is 0.506 e. The van der Waals surface area contributed by atoms with Crippen molar-refractivity contribution in [2.75, 3.05) is 25.1 Å². The second kappa shape index (κ2) is 7.06. The third-order valence-electron chi connectivity index (χ3n) is 4.34. The predicted octanol–water partition coefficient (Wildman–Crippen LogP) is 2.64. The lowest BCUT2D eigenvalue weighted by atomic mass is 10.1. The number of guanidine groups is 1. The minimum Gasteiger partial charge on any atom is -0.506 e. The van der Waals surface area contributed by atoms with Crippen molar-refractivity contribution in [2.24, 2.45) is 4.99 Å². The zero-order chi connectivity index (χ0) is 18.9. The van der Waals surface area contributed by atoms with Crippen LogP contribution in [0, 0.1) is 0 Å². The molecule has 0 aliphatic carbocycles. The molecule has 0 aromatic heterocycles. The number of nitrogens with zero attached hydrogens (tertiary/aromatic N) is 3. The number of anilines is 1. The van der Waals surface area contributed by atoms with Crippen LogP contribution in [0.15, 0.2) is 35.1 Å². The Morgan fingerprint density at radius 2 is 2.08 bits per heavy atom. The van der Waals surface area contributed by atoms with Gasteiger partial charge in [-0.25, -0.2) is 4.99 Å². The van der Waals surface area contributed by atoms with Gasteiger partial charge >= 0.3 is 6.18 Å². The summed E-state index contributed by atoms with van der Waals surface area (Å²) in [6, 6.07) is 3.02. The van der Waals surface area contributed by atoms with E-state index >= 15 is 0 Å². The van der Waals surface area contributed by atoms with E-state index < -0.39 is 17.5 Å². The van der Waals surface area contributed by atoms with Crippen molar-refractivity contribution in [1.29, 1.82) is 0 Å². The minimum absolute atomic E-state index is 0.137. The van der Waals surface area contributed by atoms with Gasteiger partial charge in [-0.1, -0.05) is 0 Å². The highest BCUT2D eigenvalue weighted by Gasteiger charge is 2.31. The van der Waals surface area contributed by atoms with Crippen LogP contribution >= 0.6 is 0 Å². The highest BCUT2D eigenvalue weighted by atomic mass is 19.4. The molecule has 1 fully saturated rings. The summed E-state index contributed by atoms with van der Waals surface area (Å²) in [7, 11) is 2.05. The number of aromatic hydroxyl groups is 1. The standard InChI is InChI=1S/C17H22F3N5O/c1-11-9-25(14-6-5-12(8-15(14)26)17(18,19)20)23-16(21-11)22-13-4-3-7-24(2)10-13/h5-6,8-9,13,26H,3-4,7,10H2,1-2H3,(H2,21,22,23)/t13-/m1/s1. The number of likely N-dealkylation sites (tertiary alicyclic amines) is 1. The van der Waals surface area contributed by atoms with Crippen LogP contribution in [-0.2, 0) is 6.18 Å². The Kier molecular flexibility index (Phi) is 4.99. The van der Waals surface area contributed by atoms with Gasteiger partial charge in [-0.3, -0.25) is 10.4 Å². The quantitative estimate of drug-likeness (QED) is 0.748. The molecule has 26 heavy (non-hydrogen) atoms. The molecule has 0 spiro atoms. The number of hydrazine groups is 1. The number of piperidine rings is 1. The van der Waals surface area contributed by atoms with E-state index in [1.807, 2.05) is 14.0 Å². The first kappa shape index (κ1) is 18.4. The number of hydrogen-bond donors (Lipinski definition) is 3. The number of benzene rings is 1. The van der Waals surface area contributed by atoms with Crippen LogP contribution in [-0.4, -0.2) is 42.1 Å². The summed E-state index contributed by atoms with van der Waals surface area (Å²) in [5.74, 6) is 0.0413. The molecule has 1 aromatic rings. The normalized spacial score (nSPS) is 23.4.